The second-order valence-corrected chi connectivity index (χ2v) is 2.80. The lowest BCUT2D eigenvalue weighted by Crippen LogP contribution is -2.35. The van der Waals surface area contributed by atoms with Gasteiger partial charge in [-0.05, 0) is 6.07 Å². The molecule has 0 saturated heterocycles. The van der Waals surface area contributed by atoms with E-state index in [-0.39, 0.29) is 18.0 Å². The van der Waals surface area contributed by atoms with Gasteiger partial charge < -0.3 is 15.6 Å². The Hall–Kier alpha value is -2.11. The molecular formula is C9H11N3O3. The molecule has 3 N–H and O–H groups in total. The normalized spacial score (nSPS) is 9.40. The quantitative estimate of drug-likeness (QED) is 0.587. The van der Waals surface area contributed by atoms with Gasteiger partial charge in [-0.3, -0.25) is 14.4 Å². The van der Waals surface area contributed by atoms with E-state index in [1.54, 1.807) is 0 Å². The fourth-order valence-corrected chi connectivity index (χ4v) is 0.903. The lowest BCUT2D eigenvalue weighted by atomic mass is 10.3. The van der Waals surface area contributed by atoms with Crippen LogP contribution >= 0.6 is 0 Å². The first-order chi connectivity index (χ1) is 7.13. The Bertz CT molecular complexity index is 404. The van der Waals surface area contributed by atoms with Gasteiger partial charge in [-0.15, -0.1) is 0 Å². The van der Waals surface area contributed by atoms with E-state index >= 15 is 0 Å². The SMILES string of the molecule is CNC(=O)CNC(=O)c1ccc(=O)[nH]c1. The number of amides is 2. The highest BCUT2D eigenvalue weighted by Crippen LogP contribution is 1.91. The molecule has 1 aromatic rings. The maximum atomic E-state index is 11.4. The van der Waals surface area contributed by atoms with Crippen LogP contribution in [0.4, 0.5) is 0 Å². The van der Waals surface area contributed by atoms with Gasteiger partial charge in [0.15, 0.2) is 0 Å². The number of H-pyrrole nitrogens is 1. The van der Waals surface area contributed by atoms with Crippen molar-refractivity contribution in [3.8, 4) is 0 Å². The van der Waals surface area contributed by atoms with Gasteiger partial charge in [0.05, 0.1) is 12.1 Å². The molecule has 0 radical (unpaired) electrons. The van der Waals surface area contributed by atoms with E-state index in [2.05, 4.69) is 15.6 Å². The van der Waals surface area contributed by atoms with E-state index in [9.17, 15) is 14.4 Å². The van der Waals surface area contributed by atoms with Crippen molar-refractivity contribution in [1.29, 1.82) is 0 Å². The average molecular weight is 209 g/mol. The zero-order valence-corrected chi connectivity index (χ0v) is 8.16. The molecule has 0 aliphatic heterocycles. The van der Waals surface area contributed by atoms with Crippen LogP contribution in [0.25, 0.3) is 0 Å². The first-order valence-electron chi connectivity index (χ1n) is 4.31. The molecule has 0 unspecified atom stereocenters. The second kappa shape index (κ2) is 4.94. The number of pyridine rings is 1. The monoisotopic (exact) mass is 209 g/mol. The number of hydrogen-bond donors (Lipinski definition) is 3. The van der Waals surface area contributed by atoms with Crippen LogP contribution in [0.15, 0.2) is 23.1 Å². The second-order valence-electron chi connectivity index (χ2n) is 2.80. The summed E-state index contributed by atoms with van der Waals surface area (Å²) in [5, 5.41) is 4.77. The molecule has 0 saturated carbocycles. The first kappa shape index (κ1) is 11.0. The maximum absolute atomic E-state index is 11.4. The van der Waals surface area contributed by atoms with Gasteiger partial charge in [0.2, 0.25) is 11.5 Å². The zero-order chi connectivity index (χ0) is 11.3. The lowest BCUT2D eigenvalue weighted by Gasteiger charge is -2.03. The van der Waals surface area contributed by atoms with E-state index in [0.717, 1.165) is 0 Å². The molecule has 0 aromatic carbocycles. The number of carbonyl (C=O) groups excluding carboxylic acids is 2. The largest absolute Gasteiger partial charge is 0.358 e. The van der Waals surface area contributed by atoms with Crippen LogP contribution in [0.5, 0.6) is 0 Å². The van der Waals surface area contributed by atoms with E-state index in [4.69, 9.17) is 0 Å². The molecular weight excluding hydrogens is 198 g/mol. The Morgan fingerprint density at radius 1 is 1.40 bits per heavy atom. The average Bonchev–Trinajstić information content (AvgIpc) is 2.26. The summed E-state index contributed by atoms with van der Waals surface area (Å²) in [5.41, 5.74) is 0.0244. The first-order valence-corrected chi connectivity index (χ1v) is 4.31. The smallest absolute Gasteiger partial charge is 0.253 e. The minimum atomic E-state index is -0.408. The third-order valence-electron chi connectivity index (χ3n) is 1.73. The van der Waals surface area contributed by atoms with Gasteiger partial charge in [0.25, 0.3) is 5.91 Å². The summed E-state index contributed by atoms with van der Waals surface area (Å²) in [6, 6.07) is 2.63. The van der Waals surface area contributed by atoms with Gasteiger partial charge in [-0.2, -0.15) is 0 Å². The summed E-state index contributed by atoms with van der Waals surface area (Å²) in [7, 11) is 1.48. The van der Waals surface area contributed by atoms with Crippen LogP contribution in [-0.2, 0) is 4.79 Å². The van der Waals surface area contributed by atoms with Crippen LogP contribution in [-0.4, -0.2) is 30.4 Å². The molecule has 0 aliphatic carbocycles. The summed E-state index contributed by atoms with van der Waals surface area (Å²) < 4.78 is 0. The van der Waals surface area contributed by atoms with Crippen molar-refractivity contribution in [2.24, 2.45) is 0 Å². The summed E-state index contributed by atoms with van der Waals surface area (Å²) in [6.45, 7) is -0.0888. The molecule has 6 nitrogen and oxygen atoms in total. The van der Waals surface area contributed by atoms with Gasteiger partial charge in [0.1, 0.15) is 0 Å². The number of nitrogens with one attached hydrogen (secondary N) is 3. The van der Waals surface area contributed by atoms with Crippen LogP contribution in [0, 0.1) is 0 Å². The van der Waals surface area contributed by atoms with E-state index in [1.165, 1.54) is 25.4 Å². The van der Waals surface area contributed by atoms with Crippen molar-refractivity contribution in [2.75, 3.05) is 13.6 Å². The third kappa shape index (κ3) is 3.26. The van der Waals surface area contributed by atoms with Crippen molar-refractivity contribution in [2.45, 2.75) is 0 Å². The summed E-state index contributed by atoms with van der Waals surface area (Å²) >= 11 is 0. The number of rotatable bonds is 3. The molecule has 80 valence electrons. The predicted molar refractivity (Wildman–Crippen MR) is 53.5 cm³/mol. The van der Waals surface area contributed by atoms with Crippen molar-refractivity contribution in [1.82, 2.24) is 15.6 Å². The van der Waals surface area contributed by atoms with Gasteiger partial charge in [-0.25, -0.2) is 0 Å². The van der Waals surface area contributed by atoms with Crippen LogP contribution < -0.4 is 16.2 Å². The molecule has 1 rings (SSSR count). The molecule has 0 bridgehead atoms. The molecule has 2 amide bonds. The molecule has 6 heteroatoms. The van der Waals surface area contributed by atoms with Gasteiger partial charge in [-0.1, -0.05) is 0 Å². The third-order valence-corrected chi connectivity index (χ3v) is 1.73. The van der Waals surface area contributed by atoms with Crippen molar-refractivity contribution in [3.05, 3.63) is 34.2 Å². The highest BCUT2D eigenvalue weighted by molar-refractivity contribution is 5.96. The summed E-state index contributed by atoms with van der Waals surface area (Å²) in [5.74, 6) is -0.692. The standard InChI is InChI=1S/C9H11N3O3/c1-10-8(14)5-12-9(15)6-2-3-7(13)11-4-6/h2-4H,5H2,1H3,(H,10,14)(H,11,13)(H,12,15). The Balaban J connectivity index is 2.58. The lowest BCUT2D eigenvalue weighted by molar-refractivity contribution is -0.119. The molecule has 0 aliphatic rings. The number of carbonyl (C=O) groups is 2. The summed E-state index contributed by atoms with van der Waals surface area (Å²) in [4.78, 5) is 35.3. The van der Waals surface area contributed by atoms with Crippen molar-refractivity contribution >= 4 is 11.8 Å². The van der Waals surface area contributed by atoms with Gasteiger partial charge in [0, 0.05) is 19.3 Å². The predicted octanol–water partition coefficient (Wildman–Crippen LogP) is -1.15. The van der Waals surface area contributed by atoms with E-state index in [1.807, 2.05) is 0 Å². The minimum Gasteiger partial charge on any atom is -0.358 e. The Kier molecular flexibility index (Phi) is 3.61. The molecule has 0 spiro atoms. The molecule has 1 heterocycles. The molecule has 15 heavy (non-hydrogen) atoms. The van der Waals surface area contributed by atoms with Crippen molar-refractivity contribution < 1.29 is 9.59 Å². The van der Waals surface area contributed by atoms with Gasteiger partial charge >= 0.3 is 0 Å². The minimum absolute atomic E-state index is 0.0888. The number of aromatic amines is 1. The van der Waals surface area contributed by atoms with Crippen molar-refractivity contribution in [3.63, 3.8) is 0 Å². The fourth-order valence-electron chi connectivity index (χ4n) is 0.903. The van der Waals surface area contributed by atoms with Crippen LogP contribution in [0.2, 0.25) is 0 Å². The molecule has 0 fully saturated rings. The summed E-state index contributed by atoms with van der Waals surface area (Å²) in [6.07, 6.45) is 1.29. The Morgan fingerprint density at radius 3 is 2.67 bits per heavy atom. The highest BCUT2D eigenvalue weighted by Gasteiger charge is 2.06. The van der Waals surface area contributed by atoms with E-state index in [0.29, 0.717) is 5.56 Å². The van der Waals surface area contributed by atoms with E-state index < -0.39 is 5.91 Å². The van der Waals surface area contributed by atoms with Crippen LogP contribution in [0.3, 0.4) is 0 Å². The number of hydrogen-bond acceptors (Lipinski definition) is 3. The fraction of sp³-hybridized carbons (Fsp3) is 0.222. The number of likely N-dealkylation sites (N-methyl/N-ethyl adjacent to an activating group) is 1. The highest BCUT2D eigenvalue weighted by atomic mass is 16.2. The molecule has 0 atom stereocenters. The Morgan fingerprint density at radius 2 is 2.13 bits per heavy atom. The van der Waals surface area contributed by atoms with Crippen LogP contribution in [0.1, 0.15) is 10.4 Å². The maximum Gasteiger partial charge on any atom is 0.253 e. The molecule has 1 aromatic heterocycles. The zero-order valence-electron chi connectivity index (χ0n) is 8.16. The number of aromatic nitrogens is 1. The Labute approximate surface area is 85.7 Å². The topological polar surface area (TPSA) is 91.1 Å².